The van der Waals surface area contributed by atoms with Gasteiger partial charge in [-0.05, 0) is 47.5 Å². The van der Waals surface area contributed by atoms with Gasteiger partial charge in [0.1, 0.15) is 0 Å². The summed E-state index contributed by atoms with van der Waals surface area (Å²) < 4.78 is 63.7. The molecule has 0 spiro atoms. The van der Waals surface area contributed by atoms with Crippen LogP contribution < -0.4 is 10.6 Å². The van der Waals surface area contributed by atoms with Gasteiger partial charge < -0.3 is 10.6 Å². The van der Waals surface area contributed by atoms with Gasteiger partial charge in [0.2, 0.25) is 0 Å². The van der Waals surface area contributed by atoms with Crippen molar-refractivity contribution in [2.24, 2.45) is 7.05 Å². The maximum absolute atomic E-state index is 12.9. The van der Waals surface area contributed by atoms with Crippen LogP contribution in [0.4, 0.5) is 29.3 Å². The predicted octanol–water partition coefficient (Wildman–Crippen LogP) is 4.84. The highest BCUT2D eigenvalue weighted by molar-refractivity contribution is 7.89. The Kier molecular flexibility index (Phi) is 6.24. The fourth-order valence-electron chi connectivity index (χ4n) is 3.55. The number of aromatic nitrogens is 3. The second-order valence-corrected chi connectivity index (χ2v) is 10.1. The fraction of sp³-hybridized carbons (Fsp3) is 0.174. The van der Waals surface area contributed by atoms with Crippen LogP contribution in [0.2, 0.25) is 0 Å². The predicted molar refractivity (Wildman–Crippen MR) is 127 cm³/mol. The number of hydrogen-bond donors (Lipinski definition) is 2. The standard InChI is InChI=1S/C23H20F3N5O3S/c1-31-21-20(12-27-31)19(11-18(28-21)13-35(2,33)34)14-6-8-16(9-7-14)29-22(32)30-17-5-3-4-15(10-17)23(24,25)26/h3-12H,13H2,1-2H3,(H2,29,30,32). The average Bonchev–Trinajstić information content (AvgIpc) is 3.13. The minimum Gasteiger partial charge on any atom is -0.308 e. The third-order valence-electron chi connectivity index (χ3n) is 5.07. The molecule has 0 radical (unpaired) electrons. The summed E-state index contributed by atoms with van der Waals surface area (Å²) in [4.78, 5) is 16.7. The molecule has 2 heterocycles. The maximum Gasteiger partial charge on any atom is 0.416 e. The van der Waals surface area contributed by atoms with E-state index < -0.39 is 27.6 Å². The molecule has 0 unspecified atom stereocenters. The monoisotopic (exact) mass is 503 g/mol. The van der Waals surface area contributed by atoms with E-state index in [-0.39, 0.29) is 11.4 Å². The third kappa shape index (κ3) is 5.77. The topological polar surface area (TPSA) is 106 Å². The molecule has 0 saturated heterocycles. The zero-order valence-electron chi connectivity index (χ0n) is 18.6. The molecule has 35 heavy (non-hydrogen) atoms. The first-order valence-corrected chi connectivity index (χ1v) is 12.3. The first-order valence-electron chi connectivity index (χ1n) is 10.2. The van der Waals surface area contributed by atoms with Gasteiger partial charge in [0.15, 0.2) is 15.5 Å². The lowest BCUT2D eigenvalue weighted by atomic mass is 10.0. The van der Waals surface area contributed by atoms with Crippen molar-refractivity contribution in [1.29, 1.82) is 0 Å². The first-order chi connectivity index (χ1) is 16.4. The highest BCUT2D eigenvalue weighted by atomic mass is 32.2. The van der Waals surface area contributed by atoms with Crippen LogP contribution in [0.3, 0.4) is 0 Å². The lowest BCUT2D eigenvalue weighted by molar-refractivity contribution is -0.137. The van der Waals surface area contributed by atoms with Gasteiger partial charge >= 0.3 is 12.2 Å². The van der Waals surface area contributed by atoms with Gasteiger partial charge in [0.25, 0.3) is 0 Å². The van der Waals surface area contributed by atoms with Crippen LogP contribution in [-0.4, -0.2) is 35.5 Å². The smallest absolute Gasteiger partial charge is 0.308 e. The molecule has 2 N–H and O–H groups in total. The summed E-state index contributed by atoms with van der Waals surface area (Å²) >= 11 is 0. The molecular formula is C23H20F3N5O3S. The van der Waals surface area contributed by atoms with Crippen molar-refractivity contribution in [3.05, 3.63) is 72.1 Å². The van der Waals surface area contributed by atoms with E-state index in [4.69, 9.17) is 0 Å². The molecule has 182 valence electrons. The number of pyridine rings is 1. The summed E-state index contributed by atoms with van der Waals surface area (Å²) in [5.41, 5.74) is 1.92. The molecule has 0 aliphatic carbocycles. The largest absolute Gasteiger partial charge is 0.416 e. The highest BCUT2D eigenvalue weighted by Crippen LogP contribution is 2.31. The Morgan fingerprint density at radius 2 is 1.71 bits per heavy atom. The van der Waals surface area contributed by atoms with E-state index in [0.29, 0.717) is 17.0 Å². The number of fused-ring (bicyclic) bond motifs is 1. The lowest BCUT2D eigenvalue weighted by Gasteiger charge is -2.11. The number of carbonyl (C=O) groups excluding carboxylic acids is 1. The Morgan fingerprint density at radius 1 is 1.03 bits per heavy atom. The van der Waals surface area contributed by atoms with Crippen LogP contribution >= 0.6 is 0 Å². The molecule has 0 atom stereocenters. The number of rotatable bonds is 5. The number of halogens is 3. The van der Waals surface area contributed by atoms with Crippen LogP contribution in [0.25, 0.3) is 22.2 Å². The number of carbonyl (C=O) groups is 1. The number of hydrogen-bond acceptors (Lipinski definition) is 5. The van der Waals surface area contributed by atoms with E-state index in [1.54, 1.807) is 48.3 Å². The number of alkyl halides is 3. The molecule has 4 aromatic rings. The zero-order valence-corrected chi connectivity index (χ0v) is 19.4. The molecule has 0 aliphatic rings. The Hall–Kier alpha value is -3.93. The van der Waals surface area contributed by atoms with Crippen molar-refractivity contribution in [3.63, 3.8) is 0 Å². The lowest BCUT2D eigenvalue weighted by Crippen LogP contribution is -2.19. The quantitative estimate of drug-likeness (QED) is 0.405. The van der Waals surface area contributed by atoms with E-state index in [1.165, 1.54) is 12.1 Å². The normalized spacial score (nSPS) is 12.0. The fourth-order valence-corrected chi connectivity index (χ4v) is 4.23. The molecule has 8 nitrogen and oxygen atoms in total. The van der Waals surface area contributed by atoms with Gasteiger partial charge in [-0.2, -0.15) is 18.3 Å². The van der Waals surface area contributed by atoms with Crippen molar-refractivity contribution < 1.29 is 26.4 Å². The zero-order chi connectivity index (χ0) is 25.4. The number of urea groups is 1. The Balaban J connectivity index is 1.55. The molecule has 2 amide bonds. The van der Waals surface area contributed by atoms with E-state index >= 15 is 0 Å². The summed E-state index contributed by atoms with van der Waals surface area (Å²) in [6, 6.07) is 12.0. The van der Waals surface area contributed by atoms with Gasteiger partial charge in [-0.3, -0.25) is 4.68 Å². The molecule has 0 saturated carbocycles. The van der Waals surface area contributed by atoms with Gasteiger partial charge in [-0.15, -0.1) is 0 Å². The molecular weight excluding hydrogens is 483 g/mol. The van der Waals surface area contributed by atoms with Gasteiger partial charge in [0.05, 0.1) is 23.2 Å². The Bertz CT molecular complexity index is 1510. The molecule has 0 bridgehead atoms. The number of sulfone groups is 1. The molecule has 4 rings (SSSR count). The van der Waals surface area contributed by atoms with Crippen LogP contribution in [0, 0.1) is 0 Å². The van der Waals surface area contributed by atoms with E-state index in [1.807, 2.05) is 0 Å². The van der Waals surface area contributed by atoms with E-state index in [9.17, 15) is 26.4 Å². The van der Waals surface area contributed by atoms with Gasteiger partial charge in [0, 0.05) is 30.1 Å². The van der Waals surface area contributed by atoms with Crippen LogP contribution in [-0.2, 0) is 28.8 Å². The number of nitrogens with zero attached hydrogens (tertiary/aromatic N) is 3. The molecule has 2 aromatic heterocycles. The third-order valence-corrected chi connectivity index (χ3v) is 5.89. The number of amides is 2. The second-order valence-electron chi connectivity index (χ2n) is 7.97. The molecule has 0 fully saturated rings. The van der Waals surface area contributed by atoms with Gasteiger partial charge in [-0.1, -0.05) is 18.2 Å². The van der Waals surface area contributed by atoms with Crippen molar-refractivity contribution in [2.75, 3.05) is 16.9 Å². The molecule has 2 aromatic carbocycles. The minimum absolute atomic E-state index is 0.00288. The SMILES string of the molecule is Cn1ncc2c(-c3ccc(NC(=O)Nc4cccc(C(F)(F)F)c4)cc3)cc(CS(C)(=O)=O)nc21. The summed E-state index contributed by atoms with van der Waals surface area (Å²) in [6.45, 7) is 0. The van der Waals surface area contributed by atoms with Crippen LogP contribution in [0.1, 0.15) is 11.3 Å². The van der Waals surface area contributed by atoms with Crippen molar-refractivity contribution in [2.45, 2.75) is 11.9 Å². The number of nitrogens with one attached hydrogen (secondary N) is 2. The van der Waals surface area contributed by atoms with Crippen molar-refractivity contribution in [3.8, 4) is 11.1 Å². The van der Waals surface area contributed by atoms with E-state index in [2.05, 4.69) is 20.7 Å². The molecule has 12 heteroatoms. The Labute approximate surface area is 198 Å². The van der Waals surface area contributed by atoms with Crippen LogP contribution in [0.15, 0.2) is 60.8 Å². The molecule has 0 aliphatic heterocycles. The second kappa shape index (κ2) is 9.02. The summed E-state index contributed by atoms with van der Waals surface area (Å²) in [6.07, 6.45) is -1.75. The minimum atomic E-state index is -4.52. The highest BCUT2D eigenvalue weighted by Gasteiger charge is 2.30. The van der Waals surface area contributed by atoms with Crippen molar-refractivity contribution >= 4 is 38.3 Å². The van der Waals surface area contributed by atoms with E-state index in [0.717, 1.165) is 34.9 Å². The first kappa shape index (κ1) is 24.2. The number of benzene rings is 2. The van der Waals surface area contributed by atoms with Crippen LogP contribution in [0.5, 0.6) is 0 Å². The van der Waals surface area contributed by atoms with Gasteiger partial charge in [-0.25, -0.2) is 18.2 Å². The summed E-state index contributed by atoms with van der Waals surface area (Å²) in [7, 11) is -1.60. The summed E-state index contributed by atoms with van der Waals surface area (Å²) in [5, 5.41) is 9.89. The number of aryl methyl sites for hydroxylation is 1. The maximum atomic E-state index is 12.9. The Morgan fingerprint density at radius 3 is 2.37 bits per heavy atom. The van der Waals surface area contributed by atoms with Crippen molar-refractivity contribution in [1.82, 2.24) is 14.8 Å². The average molecular weight is 504 g/mol. The number of anilines is 2. The summed E-state index contributed by atoms with van der Waals surface area (Å²) in [5.74, 6) is -0.226.